The van der Waals surface area contributed by atoms with Gasteiger partial charge in [-0.3, -0.25) is 0 Å². The second-order valence-corrected chi connectivity index (χ2v) is 17.2. The highest BCUT2D eigenvalue weighted by Gasteiger charge is 2.24. The maximum Gasteiger partial charge on any atom is 0.227 e. The summed E-state index contributed by atoms with van der Waals surface area (Å²) in [5.74, 6) is 0.611. The minimum Gasteiger partial charge on any atom is -0.456 e. The molecule has 6 nitrogen and oxygen atoms in total. The van der Waals surface area contributed by atoms with Crippen LogP contribution in [0.2, 0.25) is 0 Å². The largest absolute Gasteiger partial charge is 0.456 e. The van der Waals surface area contributed by atoms with Crippen molar-refractivity contribution in [1.82, 2.24) is 4.98 Å². The van der Waals surface area contributed by atoms with Crippen molar-refractivity contribution < 1.29 is 8.83 Å². The summed E-state index contributed by atoms with van der Waals surface area (Å²) in [6, 6.07) is 89.5. The molecule has 0 amide bonds. The molecule has 2 aromatic heterocycles. The second kappa shape index (κ2) is 16.8. The van der Waals surface area contributed by atoms with E-state index in [4.69, 9.17) is 13.8 Å². The number of oxazole rings is 1. The van der Waals surface area contributed by atoms with Crippen LogP contribution in [0.25, 0.3) is 66.0 Å². The van der Waals surface area contributed by atoms with Crippen molar-refractivity contribution in [3.05, 3.63) is 255 Å². The minimum atomic E-state index is 0.611. The van der Waals surface area contributed by atoms with E-state index < -0.39 is 0 Å². The van der Waals surface area contributed by atoms with Crippen LogP contribution in [0.4, 0.5) is 51.2 Å². The van der Waals surface area contributed by atoms with Crippen molar-refractivity contribution in [3.8, 4) is 11.5 Å². The third-order valence-corrected chi connectivity index (χ3v) is 13.0. The number of hydrogen-bond donors (Lipinski definition) is 0. The molecule has 0 radical (unpaired) electrons. The Balaban J connectivity index is 1.00. The van der Waals surface area contributed by atoms with Gasteiger partial charge < -0.3 is 23.5 Å². The number of aromatic nitrogens is 1. The SMILES string of the molecule is c1ccc(-c2nc3ccc4ccc5cc(N(c6cccc(N(c7ccccc7)c7ccccc7N(c7ccccc7)c7ccccc7)c6)c6ccc7oc8ccccc8c7c6)ccc5c4c3o2)cc1. The van der Waals surface area contributed by atoms with Crippen LogP contribution in [0, 0.1) is 0 Å². The summed E-state index contributed by atoms with van der Waals surface area (Å²) < 4.78 is 13.0. The highest BCUT2D eigenvalue weighted by molar-refractivity contribution is 6.18. The Morgan fingerprint density at radius 3 is 1.51 bits per heavy atom. The predicted octanol–water partition coefficient (Wildman–Crippen LogP) is 18.1. The van der Waals surface area contributed by atoms with E-state index in [-0.39, 0.29) is 0 Å². The first-order chi connectivity index (χ1) is 34.2. The van der Waals surface area contributed by atoms with Gasteiger partial charge in [-0.05, 0) is 137 Å². The molecule has 0 saturated heterocycles. The van der Waals surface area contributed by atoms with Crippen LogP contribution in [0.1, 0.15) is 0 Å². The van der Waals surface area contributed by atoms with E-state index in [1.807, 2.05) is 42.5 Å². The minimum absolute atomic E-state index is 0.611. The maximum atomic E-state index is 6.60. The zero-order valence-corrected chi connectivity index (χ0v) is 37.4. The Bertz CT molecular complexity index is 3940. The number of fused-ring (bicyclic) bond motifs is 8. The zero-order chi connectivity index (χ0) is 45.7. The quantitative estimate of drug-likeness (QED) is 0.128. The molecule has 0 spiro atoms. The fourth-order valence-corrected chi connectivity index (χ4v) is 9.86. The van der Waals surface area contributed by atoms with Crippen LogP contribution in [0.15, 0.2) is 264 Å². The van der Waals surface area contributed by atoms with Crippen LogP contribution in [-0.2, 0) is 0 Å². The molecular weight excluding hydrogens is 845 g/mol. The maximum absolute atomic E-state index is 6.60. The van der Waals surface area contributed by atoms with Crippen LogP contribution in [0.3, 0.4) is 0 Å². The highest BCUT2D eigenvalue weighted by Crippen LogP contribution is 2.48. The number of furan rings is 1. The first-order valence-electron chi connectivity index (χ1n) is 23.2. The summed E-state index contributed by atoms with van der Waals surface area (Å²) in [6.45, 7) is 0. The third-order valence-electron chi connectivity index (χ3n) is 13.0. The normalized spacial score (nSPS) is 11.5. The van der Waals surface area contributed by atoms with Gasteiger partial charge in [0.1, 0.15) is 16.7 Å². The number of hydrogen-bond acceptors (Lipinski definition) is 6. The van der Waals surface area contributed by atoms with E-state index in [2.05, 4.69) is 227 Å². The molecule has 0 unspecified atom stereocenters. The van der Waals surface area contributed by atoms with Gasteiger partial charge in [-0.15, -0.1) is 0 Å². The van der Waals surface area contributed by atoms with Crippen molar-refractivity contribution in [1.29, 1.82) is 0 Å². The van der Waals surface area contributed by atoms with E-state index in [1.165, 1.54) is 0 Å². The topological polar surface area (TPSA) is 48.9 Å². The van der Waals surface area contributed by atoms with Crippen LogP contribution < -0.4 is 14.7 Å². The lowest BCUT2D eigenvalue weighted by Gasteiger charge is -2.34. The van der Waals surface area contributed by atoms with Crippen molar-refractivity contribution in [2.24, 2.45) is 0 Å². The van der Waals surface area contributed by atoms with Crippen LogP contribution >= 0.6 is 0 Å². The molecule has 13 aromatic rings. The monoisotopic (exact) mass is 886 g/mol. The molecule has 0 aliphatic rings. The van der Waals surface area contributed by atoms with E-state index >= 15 is 0 Å². The molecule has 13 rings (SSSR count). The van der Waals surface area contributed by atoms with Gasteiger partial charge in [0.15, 0.2) is 5.58 Å². The van der Waals surface area contributed by atoms with E-state index in [1.54, 1.807) is 0 Å². The predicted molar refractivity (Wildman–Crippen MR) is 286 cm³/mol. The number of anilines is 9. The van der Waals surface area contributed by atoms with Crippen molar-refractivity contribution >= 4 is 106 Å². The Hall–Kier alpha value is -9.39. The third kappa shape index (κ3) is 7.10. The molecule has 11 aromatic carbocycles. The van der Waals surface area contributed by atoms with Gasteiger partial charge in [0, 0.05) is 61.5 Å². The number of benzene rings is 11. The fraction of sp³-hybridized carbons (Fsp3) is 0. The first-order valence-corrected chi connectivity index (χ1v) is 23.2. The smallest absolute Gasteiger partial charge is 0.227 e. The van der Waals surface area contributed by atoms with Crippen molar-refractivity contribution in [3.63, 3.8) is 0 Å². The molecule has 0 saturated carbocycles. The molecule has 0 aliphatic carbocycles. The van der Waals surface area contributed by atoms with Gasteiger partial charge in [-0.2, -0.15) is 0 Å². The van der Waals surface area contributed by atoms with Gasteiger partial charge in [0.05, 0.1) is 11.4 Å². The summed E-state index contributed by atoms with van der Waals surface area (Å²) in [5.41, 5.74) is 13.5. The lowest BCUT2D eigenvalue weighted by atomic mass is 10.00. The molecule has 0 aliphatic heterocycles. The lowest BCUT2D eigenvalue weighted by molar-refractivity contribution is 0.623. The zero-order valence-electron chi connectivity index (χ0n) is 37.4. The standard InChI is InChI=1S/C63H42N4O2/c1-5-18-44(19-6-1)63-64-56-38-34-43-32-33-45-40-51(35-37-53(45)61(43)62(56)69-63)65(52-36-39-60-55(42-52)54-28-13-16-31-59(54)68-60)49-26-17-27-50(41-49)67(48-24-11-4-12-25-48)58-30-15-14-29-57(58)66(46-20-7-2-8-21-46)47-22-9-3-10-23-47/h1-42H. The Morgan fingerprint density at radius 1 is 0.304 bits per heavy atom. The number of rotatable bonds is 10. The van der Waals surface area contributed by atoms with Crippen molar-refractivity contribution in [2.45, 2.75) is 0 Å². The number of nitrogens with zero attached hydrogens (tertiary/aromatic N) is 4. The average Bonchev–Trinajstić information content (AvgIpc) is 4.03. The first kappa shape index (κ1) is 39.9. The molecule has 0 bridgehead atoms. The molecule has 0 N–H and O–H groups in total. The van der Waals surface area contributed by atoms with E-state index in [9.17, 15) is 0 Å². The van der Waals surface area contributed by atoms with Crippen LogP contribution in [-0.4, -0.2) is 4.98 Å². The summed E-state index contributed by atoms with van der Waals surface area (Å²) in [7, 11) is 0. The van der Waals surface area contributed by atoms with E-state index in [0.29, 0.717) is 5.89 Å². The molecule has 69 heavy (non-hydrogen) atoms. The van der Waals surface area contributed by atoms with Gasteiger partial charge in [-0.1, -0.05) is 133 Å². The molecular formula is C63H42N4O2. The fourth-order valence-electron chi connectivity index (χ4n) is 9.86. The van der Waals surface area contributed by atoms with E-state index in [0.717, 1.165) is 111 Å². The highest BCUT2D eigenvalue weighted by atomic mass is 16.3. The summed E-state index contributed by atoms with van der Waals surface area (Å²) in [5, 5.41) is 6.45. The summed E-state index contributed by atoms with van der Waals surface area (Å²) >= 11 is 0. The molecule has 6 heteroatoms. The summed E-state index contributed by atoms with van der Waals surface area (Å²) in [6.07, 6.45) is 0. The Labute approximate surface area is 398 Å². The van der Waals surface area contributed by atoms with Gasteiger partial charge in [0.25, 0.3) is 0 Å². The molecule has 2 heterocycles. The van der Waals surface area contributed by atoms with Crippen molar-refractivity contribution in [2.75, 3.05) is 14.7 Å². The summed E-state index contributed by atoms with van der Waals surface area (Å²) in [4.78, 5) is 12.0. The molecule has 0 fully saturated rings. The lowest BCUT2D eigenvalue weighted by Crippen LogP contribution is -2.17. The van der Waals surface area contributed by atoms with Gasteiger partial charge in [0.2, 0.25) is 5.89 Å². The Morgan fingerprint density at radius 2 is 0.812 bits per heavy atom. The van der Waals surface area contributed by atoms with Crippen LogP contribution in [0.5, 0.6) is 0 Å². The number of para-hydroxylation sites is 6. The molecule has 326 valence electrons. The van der Waals surface area contributed by atoms with Gasteiger partial charge >= 0.3 is 0 Å². The molecule has 0 atom stereocenters. The van der Waals surface area contributed by atoms with Gasteiger partial charge in [-0.25, -0.2) is 4.98 Å². The average molecular weight is 887 g/mol. The Kier molecular flexibility index (Phi) is 9.72. The second-order valence-electron chi connectivity index (χ2n) is 17.2.